The number of para-hydroxylation sites is 2. The van der Waals surface area contributed by atoms with E-state index in [1.165, 1.54) is 4.31 Å². The highest BCUT2D eigenvalue weighted by molar-refractivity contribution is 7.89. The van der Waals surface area contributed by atoms with E-state index in [9.17, 15) is 13.2 Å². The van der Waals surface area contributed by atoms with Crippen LogP contribution in [0.2, 0.25) is 0 Å². The van der Waals surface area contributed by atoms with Crippen LogP contribution in [0.25, 0.3) is 11.0 Å². The van der Waals surface area contributed by atoms with Crippen molar-refractivity contribution >= 4 is 27.0 Å². The summed E-state index contributed by atoms with van der Waals surface area (Å²) in [5.41, 5.74) is 1.81. The first kappa shape index (κ1) is 19.8. The number of aromatic amines is 1. The number of hydrogen-bond donors (Lipinski definition) is 2. The van der Waals surface area contributed by atoms with Crippen molar-refractivity contribution in [2.75, 3.05) is 25.4 Å². The average Bonchev–Trinajstić information content (AvgIpc) is 3.02. The second kappa shape index (κ2) is 8.37. The summed E-state index contributed by atoms with van der Waals surface area (Å²) < 4.78 is 31.9. The minimum atomic E-state index is -3.41. The third kappa shape index (κ3) is 5.27. The van der Waals surface area contributed by atoms with Gasteiger partial charge in [-0.2, -0.15) is 4.31 Å². The molecule has 27 heavy (non-hydrogen) atoms. The molecule has 0 saturated carbocycles. The van der Waals surface area contributed by atoms with Gasteiger partial charge in [0.2, 0.25) is 15.9 Å². The first-order valence-electron chi connectivity index (χ1n) is 9.17. The van der Waals surface area contributed by atoms with Crippen LogP contribution in [0.4, 0.5) is 0 Å². The SMILES string of the molecule is C[C@H]1CN(S(=O)(=O)CCNC(=O)CCc2nc3ccccc3[nH]2)C[C@H](C)O1. The Morgan fingerprint density at radius 3 is 2.70 bits per heavy atom. The van der Waals surface area contributed by atoms with E-state index in [4.69, 9.17) is 4.74 Å². The number of aromatic nitrogens is 2. The Kier molecular flexibility index (Phi) is 6.13. The van der Waals surface area contributed by atoms with Crippen molar-refractivity contribution in [2.45, 2.75) is 38.9 Å². The molecule has 3 rings (SSSR count). The summed E-state index contributed by atoms with van der Waals surface area (Å²) in [7, 11) is -3.41. The Balaban J connectivity index is 1.43. The fraction of sp³-hybridized carbons (Fsp3) is 0.556. The molecule has 0 spiro atoms. The molecule has 1 aromatic heterocycles. The predicted octanol–water partition coefficient (Wildman–Crippen LogP) is 1.05. The quantitative estimate of drug-likeness (QED) is 0.730. The molecule has 1 aromatic carbocycles. The lowest BCUT2D eigenvalue weighted by molar-refractivity contribution is -0.120. The van der Waals surface area contributed by atoms with E-state index < -0.39 is 10.0 Å². The molecule has 2 heterocycles. The molecule has 148 valence electrons. The van der Waals surface area contributed by atoms with Gasteiger partial charge in [0.1, 0.15) is 5.82 Å². The molecule has 0 unspecified atom stereocenters. The van der Waals surface area contributed by atoms with Gasteiger partial charge in [-0.25, -0.2) is 13.4 Å². The summed E-state index contributed by atoms with van der Waals surface area (Å²) in [6, 6.07) is 7.68. The Hall–Kier alpha value is -1.97. The Bertz CT molecular complexity index is 853. The number of aryl methyl sites for hydroxylation is 1. The van der Waals surface area contributed by atoms with Crippen molar-refractivity contribution in [1.82, 2.24) is 19.6 Å². The molecule has 8 nitrogen and oxygen atoms in total. The molecule has 2 atom stereocenters. The van der Waals surface area contributed by atoms with Gasteiger partial charge in [-0.3, -0.25) is 4.79 Å². The van der Waals surface area contributed by atoms with Gasteiger partial charge in [-0.15, -0.1) is 0 Å². The molecular weight excluding hydrogens is 368 g/mol. The van der Waals surface area contributed by atoms with Crippen molar-refractivity contribution in [3.63, 3.8) is 0 Å². The third-order valence-corrected chi connectivity index (χ3v) is 6.29. The molecule has 1 aliphatic heterocycles. The van der Waals surface area contributed by atoms with E-state index in [1.807, 2.05) is 38.1 Å². The molecule has 9 heteroatoms. The van der Waals surface area contributed by atoms with E-state index in [0.29, 0.717) is 19.5 Å². The summed E-state index contributed by atoms with van der Waals surface area (Å²) in [4.78, 5) is 19.6. The number of carbonyl (C=O) groups excluding carboxylic acids is 1. The number of hydrogen-bond acceptors (Lipinski definition) is 5. The van der Waals surface area contributed by atoms with Gasteiger partial charge in [-0.1, -0.05) is 12.1 Å². The zero-order valence-corrected chi connectivity index (χ0v) is 16.5. The van der Waals surface area contributed by atoms with Crippen molar-refractivity contribution < 1.29 is 17.9 Å². The third-order valence-electron chi connectivity index (χ3n) is 4.49. The standard InChI is InChI=1S/C18H26N4O4S/c1-13-11-22(12-14(2)26-13)27(24,25)10-9-19-18(23)8-7-17-20-15-5-3-4-6-16(15)21-17/h3-6,13-14H,7-12H2,1-2H3,(H,19,23)(H,20,21)/t13-,14-/m0/s1. The van der Waals surface area contributed by atoms with Crippen LogP contribution >= 0.6 is 0 Å². The Morgan fingerprint density at radius 1 is 1.30 bits per heavy atom. The summed E-state index contributed by atoms with van der Waals surface area (Å²) in [5, 5.41) is 2.69. The van der Waals surface area contributed by atoms with E-state index >= 15 is 0 Å². The molecule has 1 saturated heterocycles. The number of carbonyl (C=O) groups is 1. The van der Waals surface area contributed by atoms with E-state index in [1.54, 1.807) is 0 Å². The zero-order chi connectivity index (χ0) is 19.4. The molecule has 0 aliphatic carbocycles. The smallest absolute Gasteiger partial charge is 0.220 e. The van der Waals surface area contributed by atoms with Crippen LogP contribution in [-0.2, 0) is 26.0 Å². The number of fused-ring (bicyclic) bond motifs is 1. The number of benzene rings is 1. The second-order valence-corrected chi connectivity index (χ2v) is 9.03. The summed E-state index contributed by atoms with van der Waals surface area (Å²) >= 11 is 0. The first-order valence-corrected chi connectivity index (χ1v) is 10.8. The zero-order valence-electron chi connectivity index (χ0n) is 15.6. The number of nitrogens with zero attached hydrogens (tertiary/aromatic N) is 2. The van der Waals surface area contributed by atoms with Crippen LogP contribution in [0, 0.1) is 0 Å². The summed E-state index contributed by atoms with van der Waals surface area (Å²) in [5.74, 6) is 0.452. The highest BCUT2D eigenvalue weighted by Gasteiger charge is 2.30. The summed E-state index contributed by atoms with van der Waals surface area (Å²) in [6.45, 7) is 4.52. The number of ether oxygens (including phenoxy) is 1. The Morgan fingerprint density at radius 2 is 2.00 bits per heavy atom. The number of nitrogens with one attached hydrogen (secondary N) is 2. The topological polar surface area (TPSA) is 104 Å². The largest absolute Gasteiger partial charge is 0.373 e. The predicted molar refractivity (Wildman–Crippen MR) is 103 cm³/mol. The number of H-pyrrole nitrogens is 1. The molecule has 1 fully saturated rings. The second-order valence-electron chi connectivity index (χ2n) is 6.94. The molecule has 2 aromatic rings. The lowest BCUT2D eigenvalue weighted by Gasteiger charge is -2.34. The van der Waals surface area contributed by atoms with Crippen LogP contribution < -0.4 is 5.32 Å². The molecule has 1 aliphatic rings. The van der Waals surface area contributed by atoms with Crippen molar-refractivity contribution in [1.29, 1.82) is 0 Å². The number of rotatable bonds is 7. The van der Waals surface area contributed by atoms with Crippen molar-refractivity contribution in [3.05, 3.63) is 30.1 Å². The lowest BCUT2D eigenvalue weighted by Crippen LogP contribution is -2.49. The number of sulfonamides is 1. The van der Waals surface area contributed by atoms with Crippen LogP contribution in [0.1, 0.15) is 26.1 Å². The Labute approximate surface area is 159 Å². The molecule has 2 N–H and O–H groups in total. The van der Waals surface area contributed by atoms with E-state index in [0.717, 1.165) is 16.9 Å². The van der Waals surface area contributed by atoms with Crippen LogP contribution in [0.5, 0.6) is 0 Å². The van der Waals surface area contributed by atoms with Gasteiger partial charge < -0.3 is 15.0 Å². The highest BCUT2D eigenvalue weighted by Crippen LogP contribution is 2.15. The maximum Gasteiger partial charge on any atom is 0.220 e. The van der Waals surface area contributed by atoms with E-state index in [-0.39, 0.29) is 36.8 Å². The number of amides is 1. The maximum absolute atomic E-state index is 12.4. The fourth-order valence-electron chi connectivity index (χ4n) is 3.25. The minimum absolute atomic E-state index is 0.0986. The average molecular weight is 394 g/mol. The highest BCUT2D eigenvalue weighted by atomic mass is 32.2. The number of imidazole rings is 1. The molecule has 1 amide bonds. The van der Waals surface area contributed by atoms with Gasteiger partial charge in [0.25, 0.3) is 0 Å². The summed E-state index contributed by atoms with van der Waals surface area (Å²) in [6.07, 6.45) is 0.487. The van der Waals surface area contributed by atoms with Crippen LogP contribution in [0.3, 0.4) is 0 Å². The van der Waals surface area contributed by atoms with Crippen molar-refractivity contribution in [2.24, 2.45) is 0 Å². The normalized spacial score (nSPS) is 21.4. The van der Waals surface area contributed by atoms with Gasteiger partial charge in [0, 0.05) is 32.5 Å². The van der Waals surface area contributed by atoms with Gasteiger partial charge in [0.15, 0.2) is 0 Å². The van der Waals surface area contributed by atoms with Crippen LogP contribution in [0.15, 0.2) is 24.3 Å². The minimum Gasteiger partial charge on any atom is -0.373 e. The molecule has 0 radical (unpaired) electrons. The van der Waals surface area contributed by atoms with Gasteiger partial charge in [0.05, 0.1) is 29.0 Å². The van der Waals surface area contributed by atoms with Gasteiger partial charge >= 0.3 is 0 Å². The molecule has 0 bridgehead atoms. The number of morpholine rings is 1. The van der Waals surface area contributed by atoms with Crippen molar-refractivity contribution in [3.8, 4) is 0 Å². The van der Waals surface area contributed by atoms with Crippen LogP contribution in [-0.4, -0.2) is 66.2 Å². The van der Waals surface area contributed by atoms with E-state index in [2.05, 4.69) is 15.3 Å². The van der Waals surface area contributed by atoms with Gasteiger partial charge in [-0.05, 0) is 26.0 Å². The molecular formula is C18H26N4O4S. The fourth-order valence-corrected chi connectivity index (χ4v) is 4.74. The monoisotopic (exact) mass is 394 g/mol. The first-order chi connectivity index (χ1) is 12.8. The lowest BCUT2D eigenvalue weighted by atomic mass is 10.3. The maximum atomic E-state index is 12.4.